The Labute approximate surface area is 177 Å². The van der Waals surface area contributed by atoms with Crippen LogP contribution in [0.3, 0.4) is 0 Å². The van der Waals surface area contributed by atoms with Crippen molar-refractivity contribution in [3.8, 4) is 11.5 Å². The van der Waals surface area contributed by atoms with Crippen LogP contribution in [0.1, 0.15) is 18.4 Å². The molecule has 0 unspecified atom stereocenters. The number of hydrogen-bond acceptors (Lipinski definition) is 7. The fourth-order valence-electron chi connectivity index (χ4n) is 4.09. The Morgan fingerprint density at radius 3 is 2.37 bits per heavy atom. The van der Waals surface area contributed by atoms with Crippen LogP contribution >= 0.6 is 0 Å². The van der Waals surface area contributed by atoms with E-state index in [1.165, 1.54) is 5.56 Å². The molecular formula is C23H29N5O2. The number of nitrogen functional groups attached to an aromatic ring is 1. The van der Waals surface area contributed by atoms with Crippen molar-refractivity contribution in [1.29, 1.82) is 0 Å². The number of piperidine rings is 1. The number of aromatic nitrogens is 2. The zero-order chi connectivity index (χ0) is 21.1. The van der Waals surface area contributed by atoms with Gasteiger partial charge in [-0.2, -0.15) is 4.98 Å². The topological polar surface area (TPSA) is 76.7 Å². The van der Waals surface area contributed by atoms with Crippen molar-refractivity contribution in [2.45, 2.75) is 25.4 Å². The molecule has 7 nitrogen and oxygen atoms in total. The minimum atomic E-state index is 0.383. The van der Waals surface area contributed by atoms with E-state index < -0.39 is 0 Å². The van der Waals surface area contributed by atoms with E-state index in [1.807, 2.05) is 12.1 Å². The number of nitrogens with two attached hydrogens (primary N) is 1. The molecule has 0 spiro atoms. The van der Waals surface area contributed by atoms with E-state index in [9.17, 15) is 0 Å². The monoisotopic (exact) mass is 407 g/mol. The quantitative estimate of drug-likeness (QED) is 0.672. The highest BCUT2D eigenvalue weighted by Gasteiger charge is 2.25. The van der Waals surface area contributed by atoms with Crippen molar-refractivity contribution in [1.82, 2.24) is 14.9 Å². The van der Waals surface area contributed by atoms with Gasteiger partial charge in [0, 0.05) is 44.2 Å². The van der Waals surface area contributed by atoms with Crippen LogP contribution in [0.25, 0.3) is 10.9 Å². The lowest BCUT2D eigenvalue weighted by atomic mass is 10.0. The first-order chi connectivity index (χ1) is 14.6. The summed E-state index contributed by atoms with van der Waals surface area (Å²) in [6, 6.07) is 14.7. The standard InChI is InChI=1S/C23H29N5O2/c1-27(17-9-11-28(12-10-17)15-16-7-5-4-6-8-16)23-25-19-14-21(30-3)20(29-2)13-18(19)22(24)26-23/h4-8,13-14,17H,9-12,15H2,1-3H3,(H2,24,25,26). The number of ether oxygens (including phenoxy) is 2. The van der Waals surface area contributed by atoms with Gasteiger partial charge in [0.2, 0.25) is 5.95 Å². The maximum Gasteiger partial charge on any atom is 0.227 e. The molecule has 0 radical (unpaired) electrons. The van der Waals surface area contributed by atoms with Gasteiger partial charge in [-0.1, -0.05) is 30.3 Å². The highest BCUT2D eigenvalue weighted by molar-refractivity contribution is 5.91. The van der Waals surface area contributed by atoms with Gasteiger partial charge in [-0.05, 0) is 24.5 Å². The zero-order valence-electron chi connectivity index (χ0n) is 17.8. The summed E-state index contributed by atoms with van der Waals surface area (Å²) in [4.78, 5) is 14.0. The summed E-state index contributed by atoms with van der Waals surface area (Å²) in [6.45, 7) is 3.11. The van der Waals surface area contributed by atoms with Gasteiger partial charge in [-0.3, -0.25) is 4.90 Å². The van der Waals surface area contributed by atoms with Crippen LogP contribution in [0.2, 0.25) is 0 Å². The summed E-state index contributed by atoms with van der Waals surface area (Å²) in [6.07, 6.45) is 2.13. The summed E-state index contributed by atoms with van der Waals surface area (Å²) in [5.74, 6) is 2.34. The third kappa shape index (κ3) is 4.11. The number of benzene rings is 2. The number of fused-ring (bicyclic) bond motifs is 1. The summed E-state index contributed by atoms with van der Waals surface area (Å²) >= 11 is 0. The zero-order valence-corrected chi connectivity index (χ0v) is 17.8. The fraction of sp³-hybridized carbons (Fsp3) is 0.391. The number of likely N-dealkylation sites (tertiary alicyclic amines) is 1. The highest BCUT2D eigenvalue weighted by atomic mass is 16.5. The third-order valence-electron chi connectivity index (χ3n) is 5.89. The maximum atomic E-state index is 6.27. The highest BCUT2D eigenvalue weighted by Crippen LogP contribution is 2.34. The van der Waals surface area contributed by atoms with Gasteiger partial charge in [0.15, 0.2) is 11.5 Å². The van der Waals surface area contributed by atoms with Crippen LogP contribution in [0.4, 0.5) is 11.8 Å². The molecule has 0 saturated carbocycles. The molecule has 30 heavy (non-hydrogen) atoms. The van der Waals surface area contributed by atoms with E-state index in [4.69, 9.17) is 20.2 Å². The second-order valence-corrected chi connectivity index (χ2v) is 7.74. The van der Waals surface area contributed by atoms with Gasteiger partial charge in [-0.15, -0.1) is 0 Å². The average molecular weight is 408 g/mol. The molecule has 158 valence electrons. The maximum absolute atomic E-state index is 6.27. The van der Waals surface area contributed by atoms with Crippen molar-refractivity contribution in [2.75, 3.05) is 45.0 Å². The Morgan fingerprint density at radius 2 is 1.70 bits per heavy atom. The Hall–Kier alpha value is -3.06. The van der Waals surface area contributed by atoms with Crippen molar-refractivity contribution in [3.05, 3.63) is 48.0 Å². The second-order valence-electron chi connectivity index (χ2n) is 7.74. The molecule has 2 aromatic carbocycles. The average Bonchev–Trinajstić information content (AvgIpc) is 2.79. The van der Waals surface area contributed by atoms with Gasteiger partial charge in [0.1, 0.15) is 5.82 Å². The molecule has 1 aromatic heterocycles. The smallest absolute Gasteiger partial charge is 0.227 e. The Balaban J connectivity index is 1.48. The fourth-order valence-corrected chi connectivity index (χ4v) is 4.09. The number of rotatable bonds is 6. The van der Waals surface area contributed by atoms with Gasteiger partial charge >= 0.3 is 0 Å². The molecule has 0 atom stereocenters. The molecule has 1 aliphatic heterocycles. The second kappa shape index (κ2) is 8.75. The summed E-state index contributed by atoms with van der Waals surface area (Å²) in [5.41, 5.74) is 8.38. The molecule has 4 rings (SSSR count). The minimum absolute atomic E-state index is 0.383. The van der Waals surface area contributed by atoms with Gasteiger partial charge < -0.3 is 20.1 Å². The van der Waals surface area contributed by atoms with Crippen LogP contribution in [-0.2, 0) is 6.54 Å². The molecule has 2 N–H and O–H groups in total. The van der Waals surface area contributed by atoms with E-state index >= 15 is 0 Å². The summed E-state index contributed by atoms with van der Waals surface area (Å²) in [5, 5.41) is 0.766. The number of hydrogen-bond donors (Lipinski definition) is 1. The largest absolute Gasteiger partial charge is 0.493 e. The first kappa shape index (κ1) is 20.2. The van der Waals surface area contributed by atoms with Crippen LogP contribution in [0, 0.1) is 0 Å². The molecule has 0 amide bonds. The summed E-state index contributed by atoms with van der Waals surface area (Å²) in [7, 11) is 5.27. The van der Waals surface area contributed by atoms with E-state index in [0.29, 0.717) is 29.3 Å². The number of nitrogens with zero attached hydrogens (tertiary/aromatic N) is 4. The SMILES string of the molecule is COc1cc2nc(N(C)C3CCN(Cc4ccccc4)CC3)nc(N)c2cc1OC. The molecule has 7 heteroatoms. The van der Waals surface area contributed by atoms with Crippen molar-refractivity contribution < 1.29 is 9.47 Å². The van der Waals surface area contributed by atoms with E-state index in [-0.39, 0.29) is 0 Å². The lowest BCUT2D eigenvalue weighted by Gasteiger charge is -2.36. The lowest BCUT2D eigenvalue weighted by molar-refractivity contribution is 0.203. The van der Waals surface area contributed by atoms with Gasteiger partial charge in [0.05, 0.1) is 19.7 Å². The lowest BCUT2D eigenvalue weighted by Crippen LogP contribution is -2.43. The molecule has 0 bridgehead atoms. The molecule has 3 aromatic rings. The Morgan fingerprint density at radius 1 is 1.03 bits per heavy atom. The predicted molar refractivity (Wildman–Crippen MR) is 120 cm³/mol. The number of anilines is 2. The van der Waals surface area contributed by atoms with Crippen molar-refractivity contribution >= 4 is 22.7 Å². The van der Waals surface area contributed by atoms with Crippen LogP contribution in [-0.4, -0.2) is 55.3 Å². The molecule has 1 saturated heterocycles. The molecule has 1 fully saturated rings. The predicted octanol–water partition coefficient (Wildman–Crippen LogP) is 3.33. The first-order valence-corrected chi connectivity index (χ1v) is 10.3. The van der Waals surface area contributed by atoms with Crippen molar-refractivity contribution in [2.24, 2.45) is 0 Å². The van der Waals surface area contributed by atoms with Gasteiger partial charge in [-0.25, -0.2) is 4.98 Å². The first-order valence-electron chi connectivity index (χ1n) is 10.3. The van der Waals surface area contributed by atoms with Crippen LogP contribution in [0.5, 0.6) is 11.5 Å². The third-order valence-corrected chi connectivity index (χ3v) is 5.89. The van der Waals surface area contributed by atoms with Crippen LogP contribution < -0.4 is 20.1 Å². The van der Waals surface area contributed by atoms with E-state index in [2.05, 4.69) is 52.2 Å². The summed E-state index contributed by atoms with van der Waals surface area (Å²) < 4.78 is 10.8. The van der Waals surface area contributed by atoms with Gasteiger partial charge in [0.25, 0.3) is 0 Å². The van der Waals surface area contributed by atoms with E-state index in [0.717, 1.165) is 43.4 Å². The van der Waals surface area contributed by atoms with E-state index in [1.54, 1.807) is 14.2 Å². The number of methoxy groups -OCH3 is 2. The Bertz CT molecular complexity index is 1000. The minimum Gasteiger partial charge on any atom is -0.493 e. The molecular weight excluding hydrogens is 378 g/mol. The molecule has 0 aliphatic carbocycles. The normalized spacial score (nSPS) is 15.3. The Kier molecular flexibility index (Phi) is 5.90. The molecule has 2 heterocycles. The van der Waals surface area contributed by atoms with Crippen LogP contribution in [0.15, 0.2) is 42.5 Å². The van der Waals surface area contributed by atoms with Crippen molar-refractivity contribution in [3.63, 3.8) is 0 Å². The molecule has 1 aliphatic rings.